The van der Waals surface area contributed by atoms with Gasteiger partial charge in [-0.3, -0.25) is 0 Å². The van der Waals surface area contributed by atoms with Crippen LogP contribution in [0.1, 0.15) is 11.1 Å². The second-order valence-electron chi connectivity index (χ2n) is 4.22. The Hall–Kier alpha value is -1.10. The molecule has 18 heavy (non-hydrogen) atoms. The number of para-hydroxylation sites is 1. The maximum absolute atomic E-state index is 5.73. The van der Waals surface area contributed by atoms with E-state index in [9.17, 15) is 0 Å². The molecule has 0 aromatic heterocycles. The smallest absolute Gasteiger partial charge is 0.125 e. The van der Waals surface area contributed by atoms with Gasteiger partial charge in [-0.2, -0.15) is 0 Å². The van der Waals surface area contributed by atoms with Gasteiger partial charge in [-0.25, -0.2) is 0 Å². The molecule has 0 unspecified atom stereocenters. The molecule has 0 fully saturated rings. The van der Waals surface area contributed by atoms with Crippen LogP contribution in [0, 0.1) is 13.8 Å². The van der Waals surface area contributed by atoms with Gasteiger partial charge in [0.2, 0.25) is 0 Å². The molecule has 0 spiro atoms. The first-order chi connectivity index (χ1) is 8.75. The van der Waals surface area contributed by atoms with Crippen LogP contribution in [0.15, 0.2) is 18.2 Å². The fourth-order valence-electron chi connectivity index (χ4n) is 1.70. The third kappa shape index (κ3) is 5.49. The molecule has 1 aromatic rings. The molecule has 3 N–H and O–H groups in total. The maximum atomic E-state index is 5.73. The summed E-state index contributed by atoms with van der Waals surface area (Å²) in [5.41, 5.74) is 7.69. The van der Waals surface area contributed by atoms with Crippen molar-refractivity contribution in [2.75, 3.05) is 39.5 Å². The van der Waals surface area contributed by atoms with Gasteiger partial charge in [-0.05, 0) is 25.0 Å². The highest BCUT2D eigenvalue weighted by Gasteiger charge is 2.02. The number of benzene rings is 1. The molecule has 0 radical (unpaired) electrons. The molecule has 1 aromatic carbocycles. The number of hydrogen-bond donors (Lipinski definition) is 2. The van der Waals surface area contributed by atoms with Gasteiger partial charge in [-0.1, -0.05) is 18.2 Å². The van der Waals surface area contributed by atoms with Crippen molar-refractivity contribution in [3.8, 4) is 5.75 Å². The summed E-state index contributed by atoms with van der Waals surface area (Å²) in [6.07, 6.45) is 0. The van der Waals surface area contributed by atoms with Crippen LogP contribution < -0.4 is 15.8 Å². The van der Waals surface area contributed by atoms with Gasteiger partial charge in [-0.15, -0.1) is 0 Å². The van der Waals surface area contributed by atoms with E-state index < -0.39 is 0 Å². The summed E-state index contributed by atoms with van der Waals surface area (Å²) in [5.74, 6) is 0.974. The third-order valence-electron chi connectivity index (χ3n) is 2.63. The minimum atomic E-state index is 0.586. The van der Waals surface area contributed by atoms with Crippen LogP contribution in [0.25, 0.3) is 0 Å². The van der Waals surface area contributed by atoms with Crippen molar-refractivity contribution in [3.63, 3.8) is 0 Å². The maximum Gasteiger partial charge on any atom is 0.125 e. The second kappa shape index (κ2) is 8.91. The minimum absolute atomic E-state index is 0.586. The highest BCUT2D eigenvalue weighted by molar-refractivity contribution is 5.39. The van der Waals surface area contributed by atoms with Crippen molar-refractivity contribution in [2.24, 2.45) is 5.73 Å². The molecule has 4 heteroatoms. The molecule has 0 amide bonds. The lowest BCUT2D eigenvalue weighted by atomic mass is 10.1. The highest BCUT2D eigenvalue weighted by Crippen LogP contribution is 2.21. The van der Waals surface area contributed by atoms with Crippen LogP contribution in [-0.2, 0) is 4.74 Å². The number of nitrogens with two attached hydrogens (primary N) is 1. The summed E-state index contributed by atoms with van der Waals surface area (Å²) >= 11 is 0. The molecule has 102 valence electrons. The quantitative estimate of drug-likeness (QED) is 0.649. The first-order valence-electron chi connectivity index (χ1n) is 6.43. The molecule has 0 aliphatic heterocycles. The van der Waals surface area contributed by atoms with Gasteiger partial charge in [0.05, 0.1) is 13.2 Å². The van der Waals surface area contributed by atoms with Crippen LogP contribution >= 0.6 is 0 Å². The van der Waals surface area contributed by atoms with Crippen molar-refractivity contribution in [2.45, 2.75) is 13.8 Å². The van der Waals surface area contributed by atoms with Crippen LogP contribution in [0.5, 0.6) is 5.75 Å². The summed E-state index contributed by atoms with van der Waals surface area (Å²) in [4.78, 5) is 0. The lowest BCUT2D eigenvalue weighted by Crippen LogP contribution is -2.26. The summed E-state index contributed by atoms with van der Waals surface area (Å²) in [7, 11) is 0. The monoisotopic (exact) mass is 252 g/mol. The summed E-state index contributed by atoms with van der Waals surface area (Å²) in [5, 5.41) is 3.17. The van der Waals surface area contributed by atoms with Crippen molar-refractivity contribution in [3.05, 3.63) is 29.3 Å². The zero-order chi connectivity index (χ0) is 13.2. The summed E-state index contributed by atoms with van der Waals surface area (Å²) < 4.78 is 11.2. The molecule has 1 rings (SSSR count). The van der Waals surface area contributed by atoms with Gasteiger partial charge in [0.1, 0.15) is 12.4 Å². The Morgan fingerprint density at radius 3 is 2.44 bits per heavy atom. The topological polar surface area (TPSA) is 56.5 Å². The van der Waals surface area contributed by atoms with Gasteiger partial charge in [0.15, 0.2) is 0 Å². The minimum Gasteiger partial charge on any atom is -0.491 e. The van der Waals surface area contributed by atoms with Gasteiger partial charge in [0, 0.05) is 19.6 Å². The van der Waals surface area contributed by atoms with Crippen LogP contribution in [0.3, 0.4) is 0 Å². The summed E-state index contributed by atoms with van der Waals surface area (Å²) in [6.45, 7) is 8.33. The Balaban J connectivity index is 2.11. The zero-order valence-electron chi connectivity index (χ0n) is 11.4. The van der Waals surface area contributed by atoms with Crippen LogP contribution in [-0.4, -0.2) is 39.5 Å². The number of hydrogen-bond acceptors (Lipinski definition) is 4. The second-order valence-corrected chi connectivity index (χ2v) is 4.22. The number of nitrogens with one attached hydrogen (secondary N) is 1. The Morgan fingerprint density at radius 2 is 1.78 bits per heavy atom. The fourth-order valence-corrected chi connectivity index (χ4v) is 1.70. The summed E-state index contributed by atoms with van der Waals surface area (Å²) in [6, 6.07) is 6.15. The molecule has 0 heterocycles. The van der Waals surface area contributed by atoms with E-state index in [0.29, 0.717) is 26.4 Å². The van der Waals surface area contributed by atoms with E-state index in [-0.39, 0.29) is 0 Å². The van der Waals surface area contributed by atoms with E-state index in [4.69, 9.17) is 15.2 Å². The Kier molecular flexibility index (Phi) is 7.41. The molecule has 0 bridgehead atoms. The van der Waals surface area contributed by atoms with E-state index in [1.54, 1.807) is 0 Å². The van der Waals surface area contributed by atoms with Gasteiger partial charge < -0.3 is 20.5 Å². The van der Waals surface area contributed by atoms with E-state index in [1.807, 2.05) is 6.07 Å². The Morgan fingerprint density at radius 1 is 1.06 bits per heavy atom. The fraction of sp³-hybridized carbons (Fsp3) is 0.571. The average Bonchev–Trinajstić information content (AvgIpc) is 2.35. The van der Waals surface area contributed by atoms with Gasteiger partial charge in [0.25, 0.3) is 0 Å². The highest BCUT2D eigenvalue weighted by atomic mass is 16.5. The number of aryl methyl sites for hydroxylation is 2. The number of ether oxygens (including phenoxy) is 2. The van der Waals surface area contributed by atoms with Crippen LogP contribution in [0.4, 0.5) is 0 Å². The van der Waals surface area contributed by atoms with E-state index in [1.165, 1.54) is 11.1 Å². The first kappa shape index (κ1) is 15.0. The average molecular weight is 252 g/mol. The van der Waals surface area contributed by atoms with Crippen molar-refractivity contribution < 1.29 is 9.47 Å². The van der Waals surface area contributed by atoms with Crippen LogP contribution in [0.2, 0.25) is 0 Å². The SMILES string of the molecule is Cc1cccc(C)c1OCCOCCNCCN. The molecule has 0 saturated carbocycles. The molecule has 0 atom stereocenters. The first-order valence-corrected chi connectivity index (χ1v) is 6.43. The van der Waals surface area contributed by atoms with E-state index in [2.05, 4.69) is 31.3 Å². The number of rotatable bonds is 9. The van der Waals surface area contributed by atoms with E-state index in [0.717, 1.165) is 18.8 Å². The normalized spacial score (nSPS) is 10.6. The van der Waals surface area contributed by atoms with E-state index >= 15 is 0 Å². The predicted molar refractivity (Wildman–Crippen MR) is 74.2 cm³/mol. The Bertz CT molecular complexity index is 322. The molecular formula is C14H24N2O2. The molecule has 0 aliphatic rings. The lowest BCUT2D eigenvalue weighted by molar-refractivity contribution is 0.101. The standard InChI is InChI=1S/C14H24N2O2/c1-12-4-3-5-13(2)14(12)18-11-10-17-9-8-16-7-6-15/h3-5,16H,6-11,15H2,1-2H3. The van der Waals surface area contributed by atoms with Crippen molar-refractivity contribution in [1.82, 2.24) is 5.32 Å². The molecule has 0 saturated heterocycles. The van der Waals surface area contributed by atoms with Crippen molar-refractivity contribution >= 4 is 0 Å². The van der Waals surface area contributed by atoms with Gasteiger partial charge >= 0.3 is 0 Å². The molecular weight excluding hydrogens is 228 g/mol. The molecule has 0 aliphatic carbocycles. The lowest BCUT2D eigenvalue weighted by Gasteiger charge is -2.12. The third-order valence-corrected chi connectivity index (χ3v) is 2.63. The molecule has 4 nitrogen and oxygen atoms in total. The largest absolute Gasteiger partial charge is 0.491 e. The van der Waals surface area contributed by atoms with Crippen molar-refractivity contribution in [1.29, 1.82) is 0 Å². The Labute approximate surface area is 109 Å². The zero-order valence-corrected chi connectivity index (χ0v) is 11.4. The predicted octanol–water partition coefficient (Wildman–Crippen LogP) is 1.25.